The zero-order valence-corrected chi connectivity index (χ0v) is 58.9. The van der Waals surface area contributed by atoms with Crippen LogP contribution in [0.2, 0.25) is 0 Å². The van der Waals surface area contributed by atoms with Crippen LogP contribution >= 0.6 is 0 Å². The number of methoxy groups -OCH3 is 3. The zero-order valence-electron chi connectivity index (χ0n) is 58.9. The number of aliphatic hydroxyl groups is 11. The third-order valence-electron chi connectivity index (χ3n) is 24.2. The molecule has 31 nitrogen and oxygen atoms in total. The Hall–Kier alpha value is -5.27. The molecule has 5 aliphatic carbocycles. The minimum Gasteiger partial charge on any atom is -0.493 e. The molecule has 4 saturated heterocycles. The van der Waals surface area contributed by atoms with Crippen molar-refractivity contribution in [1.29, 1.82) is 0 Å². The molecule has 0 spiro atoms. The van der Waals surface area contributed by atoms with E-state index in [1.807, 2.05) is 13.0 Å². The van der Waals surface area contributed by atoms with Gasteiger partial charge in [0, 0.05) is 25.3 Å². The Balaban J connectivity index is 1.03. The number of carbonyl (C=O) groups is 5. The molecule has 568 valence electrons. The van der Waals surface area contributed by atoms with Crippen molar-refractivity contribution in [3.8, 4) is 17.2 Å². The summed E-state index contributed by atoms with van der Waals surface area (Å²) in [6.45, 7) is 12.7. The molecule has 8 fully saturated rings. The highest BCUT2D eigenvalue weighted by Gasteiger charge is 2.74. The van der Waals surface area contributed by atoms with Crippen molar-refractivity contribution in [3.05, 3.63) is 35.4 Å². The molecule has 1 aromatic carbocycles. The van der Waals surface area contributed by atoms with Crippen LogP contribution in [0, 0.1) is 50.2 Å². The monoisotopic (exact) mass is 1440 g/mol. The summed E-state index contributed by atoms with van der Waals surface area (Å²) < 4.78 is 83.9. The summed E-state index contributed by atoms with van der Waals surface area (Å²) in [6.07, 6.45) is -32.2. The first-order valence-corrected chi connectivity index (χ1v) is 34.5. The number of hydrogen-bond acceptors (Lipinski definition) is 30. The van der Waals surface area contributed by atoms with Gasteiger partial charge in [-0.15, -0.1) is 0 Å². The van der Waals surface area contributed by atoms with Crippen molar-refractivity contribution in [2.75, 3.05) is 41.2 Å². The van der Waals surface area contributed by atoms with Gasteiger partial charge in [-0.25, -0.2) is 4.79 Å². The molecule has 30 unspecified atom stereocenters. The maximum Gasteiger partial charge on any atom is 0.331 e. The summed E-state index contributed by atoms with van der Waals surface area (Å²) in [4.78, 5) is 69.3. The lowest BCUT2D eigenvalue weighted by Gasteiger charge is -2.71. The molecule has 101 heavy (non-hydrogen) atoms. The molecule has 30 atom stereocenters. The first kappa shape index (κ1) is 78.3. The van der Waals surface area contributed by atoms with E-state index in [4.69, 9.17) is 66.3 Å². The molecule has 4 saturated carbocycles. The van der Waals surface area contributed by atoms with E-state index in [9.17, 15) is 80.5 Å². The van der Waals surface area contributed by atoms with Crippen LogP contribution in [0.15, 0.2) is 29.9 Å². The lowest BCUT2D eigenvalue weighted by atomic mass is 9.33. The van der Waals surface area contributed by atoms with E-state index in [1.54, 1.807) is 12.1 Å². The third-order valence-corrected chi connectivity index (χ3v) is 24.2. The molecular weight excluding hydrogens is 1340 g/mol. The smallest absolute Gasteiger partial charge is 0.331 e. The number of fused-ring (bicyclic) bond motifs is 7. The van der Waals surface area contributed by atoms with E-state index in [2.05, 4.69) is 20.8 Å². The maximum absolute atomic E-state index is 16.3. The predicted octanol–water partition coefficient (Wildman–Crippen LogP) is 0.460. The Morgan fingerprint density at radius 2 is 1.19 bits per heavy atom. The van der Waals surface area contributed by atoms with Crippen molar-refractivity contribution in [2.24, 2.45) is 50.2 Å². The lowest BCUT2D eigenvalue weighted by Crippen LogP contribution is -2.71. The number of carboxylic acid groups (broad SMARTS) is 1. The van der Waals surface area contributed by atoms with Gasteiger partial charge in [-0.05, 0) is 136 Å². The Morgan fingerprint density at radius 1 is 0.594 bits per heavy atom. The fourth-order valence-electron chi connectivity index (χ4n) is 18.8. The number of rotatable bonds is 20. The quantitative estimate of drug-likeness (QED) is 0.0277. The van der Waals surface area contributed by atoms with E-state index in [0.717, 1.165) is 25.5 Å². The first-order valence-electron chi connectivity index (χ1n) is 34.5. The molecule has 31 heteroatoms. The van der Waals surface area contributed by atoms with E-state index in [0.29, 0.717) is 31.2 Å². The minimum atomic E-state index is -2.13. The maximum atomic E-state index is 16.3. The molecule has 1 aromatic rings. The number of carboxylic acids is 1. The number of hydrogen-bond donors (Lipinski definition) is 12. The van der Waals surface area contributed by atoms with Gasteiger partial charge in [0.15, 0.2) is 48.7 Å². The van der Waals surface area contributed by atoms with Gasteiger partial charge in [0.05, 0.1) is 63.7 Å². The van der Waals surface area contributed by atoms with Crippen molar-refractivity contribution in [1.82, 2.24) is 0 Å². The van der Waals surface area contributed by atoms with Crippen LogP contribution in [-0.2, 0) is 76.1 Å². The number of allylic oxidation sites excluding steroid dienone is 1. The van der Waals surface area contributed by atoms with Gasteiger partial charge in [-0.2, -0.15) is 0 Å². The van der Waals surface area contributed by atoms with E-state index < -0.39 is 235 Å². The zero-order chi connectivity index (χ0) is 74.1. The minimum absolute atomic E-state index is 0.0180. The first-order chi connectivity index (χ1) is 47.5. The largest absolute Gasteiger partial charge is 0.493 e. The molecule has 0 aromatic heterocycles. The number of aliphatic carboxylic acids is 1. The predicted molar refractivity (Wildman–Crippen MR) is 343 cm³/mol. The SMILES string of the molecule is COc1cc(C=CC(=O)OC2C(C)OC(OC(=O)C34CCC(C)(C)CC3C3=CCC5C6(C)CC(O)C(OC7OC(CO)C(O)C(O)C7O)C(C)(C(=O)O)C6CCC5(C)C3(CO)CC4)C(OC3OC(C)C(O)C(OC(C)=O)C3O)C2OC2OC(COC(C)=O)C(O)C(O)C2O)cc(OC)c1OC. The second-order valence-corrected chi connectivity index (χ2v) is 30.5. The van der Waals surface area contributed by atoms with Crippen molar-refractivity contribution in [3.63, 3.8) is 0 Å². The van der Waals surface area contributed by atoms with Gasteiger partial charge in [-0.3, -0.25) is 19.2 Å². The highest BCUT2D eigenvalue weighted by atomic mass is 16.8. The summed E-state index contributed by atoms with van der Waals surface area (Å²) in [5, 5.41) is 136. The molecule has 4 heterocycles. The van der Waals surface area contributed by atoms with Crippen molar-refractivity contribution in [2.45, 2.75) is 255 Å². The summed E-state index contributed by atoms with van der Waals surface area (Å²) in [5.74, 6) is -5.96. The Morgan fingerprint density at radius 3 is 1.78 bits per heavy atom. The van der Waals surface area contributed by atoms with Crippen LogP contribution in [0.3, 0.4) is 0 Å². The van der Waals surface area contributed by atoms with Gasteiger partial charge in [-0.1, -0.05) is 39.3 Å². The molecule has 4 aliphatic heterocycles. The van der Waals surface area contributed by atoms with Gasteiger partial charge >= 0.3 is 29.8 Å². The number of benzene rings is 1. The van der Waals surface area contributed by atoms with E-state index in [-0.39, 0.29) is 49.4 Å². The van der Waals surface area contributed by atoms with Gasteiger partial charge < -0.3 is 128 Å². The van der Waals surface area contributed by atoms with Crippen LogP contribution in [0.5, 0.6) is 17.2 Å². The summed E-state index contributed by atoms with van der Waals surface area (Å²) >= 11 is 0. The molecule has 10 rings (SSSR count). The van der Waals surface area contributed by atoms with E-state index in [1.165, 1.54) is 48.2 Å². The second kappa shape index (κ2) is 29.9. The fraction of sp³-hybridized carbons (Fsp3) is 0.786. The van der Waals surface area contributed by atoms with Crippen molar-refractivity contribution >= 4 is 35.9 Å². The number of esters is 4. The second-order valence-electron chi connectivity index (χ2n) is 30.5. The Labute approximate surface area is 584 Å². The molecule has 0 radical (unpaired) electrons. The molecule has 9 aliphatic rings. The van der Waals surface area contributed by atoms with Gasteiger partial charge in [0.25, 0.3) is 0 Å². The molecule has 0 amide bonds. The van der Waals surface area contributed by atoms with Crippen LogP contribution in [-0.4, -0.2) is 267 Å². The van der Waals surface area contributed by atoms with Crippen LogP contribution < -0.4 is 14.2 Å². The standard InChI is InChI=1S/C70H102O31/c1-30-45(77)55(94-33(4)74)52(84)61(92-30)99-57-56(98-59-50(82)49(81)47(79)41(96-59)28-91-32(3)73)53(97-44(76)16-13-34-23-38(88-10)54(90-12)39(24-34)89-11)31(2)93-62(57)101-64(87)69-20-19-65(5,6)25-36(69)35-14-15-42-66(7)26-37(75)58(100-60-51(83)48(80)46(78)40(27-71)95-60)68(9,63(85)86)43(66)17-18-67(42,8)70(35,29-72)22-21-69/h13-14,16,23-24,30-31,36-37,40-43,45-53,55-62,71-72,75,77-84H,15,17-22,25-29H2,1-12H3,(H,85,86). The summed E-state index contributed by atoms with van der Waals surface area (Å²) in [5.41, 5.74) is -5.48. The highest BCUT2D eigenvalue weighted by Crippen LogP contribution is 2.76. The molecule has 12 N–H and O–H groups in total. The van der Waals surface area contributed by atoms with Crippen molar-refractivity contribution < 1.29 is 152 Å². The van der Waals surface area contributed by atoms with Gasteiger partial charge in [0.1, 0.15) is 79.9 Å². The number of ether oxygens (including phenoxy) is 14. The van der Waals surface area contributed by atoms with Crippen LogP contribution in [0.1, 0.15) is 126 Å². The van der Waals surface area contributed by atoms with E-state index >= 15 is 4.79 Å². The number of aliphatic hydroxyl groups excluding tert-OH is 11. The molecule has 0 bridgehead atoms. The third kappa shape index (κ3) is 13.9. The summed E-state index contributed by atoms with van der Waals surface area (Å²) in [7, 11) is 4.21. The van der Waals surface area contributed by atoms with Crippen LogP contribution in [0.4, 0.5) is 0 Å². The summed E-state index contributed by atoms with van der Waals surface area (Å²) in [6, 6.07) is 3.09. The highest BCUT2D eigenvalue weighted by molar-refractivity contribution is 5.87. The Bertz CT molecular complexity index is 3210. The van der Waals surface area contributed by atoms with Crippen LogP contribution in [0.25, 0.3) is 6.08 Å². The molecular formula is C70H102O31. The average Bonchev–Trinajstić information content (AvgIpc) is 0.668. The van der Waals surface area contributed by atoms with Gasteiger partial charge in [0.2, 0.25) is 12.0 Å². The lowest BCUT2D eigenvalue weighted by molar-refractivity contribution is -0.385. The number of carbonyl (C=O) groups excluding carboxylic acids is 4. The fourth-order valence-corrected chi connectivity index (χ4v) is 18.8. The topological polar surface area (TPSA) is 457 Å². The average molecular weight is 1440 g/mol. The normalized spacial score (nSPS) is 44.9. The Kier molecular flexibility index (Phi) is 23.2.